The van der Waals surface area contributed by atoms with Crippen LogP contribution < -0.4 is 10.5 Å². The van der Waals surface area contributed by atoms with Crippen LogP contribution >= 0.6 is 0 Å². The molecule has 0 radical (unpaired) electrons. The van der Waals surface area contributed by atoms with Gasteiger partial charge in [0.2, 0.25) is 10.0 Å². The molecule has 1 atom stereocenters. The molecule has 1 aromatic carbocycles. The average molecular weight is 286 g/mol. The fourth-order valence-electron chi connectivity index (χ4n) is 1.78. The number of hydrogen-bond acceptors (Lipinski definition) is 4. The lowest BCUT2D eigenvalue weighted by molar-refractivity contribution is 0.227. The van der Waals surface area contributed by atoms with Crippen molar-refractivity contribution in [1.82, 2.24) is 4.72 Å². The Bertz CT molecular complexity index is 553. The van der Waals surface area contributed by atoms with Crippen molar-refractivity contribution in [3.63, 3.8) is 0 Å². The van der Waals surface area contributed by atoms with Gasteiger partial charge >= 0.3 is 0 Å². The summed E-state index contributed by atoms with van der Waals surface area (Å²) in [5.74, 6) is 0.00207. The molecule has 4 N–H and O–H groups in total. The molecule has 0 aliphatic heterocycles. The second kappa shape index (κ2) is 5.90. The predicted molar refractivity (Wildman–Crippen MR) is 76.4 cm³/mol. The molecule has 0 bridgehead atoms. The number of rotatable bonds is 5. The molecule has 1 unspecified atom stereocenters. The maximum atomic E-state index is 12.4. The van der Waals surface area contributed by atoms with Crippen molar-refractivity contribution in [2.45, 2.75) is 38.6 Å². The predicted octanol–water partition coefficient (Wildman–Crippen LogP) is 1.18. The third-order valence-corrected chi connectivity index (χ3v) is 4.86. The van der Waals surface area contributed by atoms with Gasteiger partial charge in [0.25, 0.3) is 0 Å². The summed E-state index contributed by atoms with van der Waals surface area (Å²) in [5, 5.41) is 9.23. The summed E-state index contributed by atoms with van der Waals surface area (Å²) in [6, 6.07) is 2.67. The highest BCUT2D eigenvalue weighted by molar-refractivity contribution is 7.89. The molecule has 108 valence electrons. The number of nitrogen functional groups attached to an aromatic ring is 1. The van der Waals surface area contributed by atoms with Gasteiger partial charge in [-0.25, -0.2) is 13.1 Å². The van der Waals surface area contributed by atoms with Gasteiger partial charge in [0, 0.05) is 11.7 Å². The van der Waals surface area contributed by atoms with Crippen molar-refractivity contribution in [3.8, 4) is 0 Å². The number of sulfonamides is 1. The van der Waals surface area contributed by atoms with Crippen LogP contribution in [-0.2, 0) is 10.0 Å². The Morgan fingerprint density at radius 3 is 2.37 bits per heavy atom. The van der Waals surface area contributed by atoms with Crippen LogP contribution in [0.15, 0.2) is 17.0 Å². The minimum absolute atomic E-state index is 0.00207. The van der Waals surface area contributed by atoms with Gasteiger partial charge < -0.3 is 10.8 Å². The molecule has 19 heavy (non-hydrogen) atoms. The van der Waals surface area contributed by atoms with Crippen LogP contribution in [0.5, 0.6) is 0 Å². The maximum absolute atomic E-state index is 12.4. The van der Waals surface area contributed by atoms with Crippen LogP contribution in [-0.4, -0.2) is 26.2 Å². The highest BCUT2D eigenvalue weighted by Gasteiger charge is 2.24. The summed E-state index contributed by atoms with van der Waals surface area (Å²) in [6.07, 6.45) is 0. The van der Waals surface area contributed by atoms with Crippen molar-refractivity contribution in [2.24, 2.45) is 5.92 Å². The second-order valence-corrected chi connectivity index (χ2v) is 6.80. The van der Waals surface area contributed by atoms with E-state index >= 15 is 0 Å². The van der Waals surface area contributed by atoms with Crippen molar-refractivity contribution in [2.75, 3.05) is 12.3 Å². The summed E-state index contributed by atoms with van der Waals surface area (Å²) in [6.45, 7) is 7.02. The summed E-state index contributed by atoms with van der Waals surface area (Å²) < 4.78 is 27.2. The Morgan fingerprint density at radius 1 is 1.32 bits per heavy atom. The van der Waals surface area contributed by atoms with E-state index in [1.807, 2.05) is 20.8 Å². The molecule has 0 saturated heterocycles. The number of aliphatic hydroxyl groups excluding tert-OH is 1. The van der Waals surface area contributed by atoms with Crippen LogP contribution in [0, 0.1) is 19.8 Å². The van der Waals surface area contributed by atoms with E-state index in [0.717, 1.165) is 5.56 Å². The lowest BCUT2D eigenvalue weighted by atomic mass is 10.1. The lowest BCUT2D eigenvalue weighted by Gasteiger charge is -2.21. The Kier molecular flexibility index (Phi) is 4.95. The van der Waals surface area contributed by atoms with E-state index < -0.39 is 16.1 Å². The smallest absolute Gasteiger partial charge is 0.241 e. The van der Waals surface area contributed by atoms with Crippen molar-refractivity contribution in [3.05, 3.63) is 23.3 Å². The van der Waals surface area contributed by atoms with E-state index in [9.17, 15) is 13.5 Å². The molecule has 0 saturated carbocycles. The van der Waals surface area contributed by atoms with Gasteiger partial charge in [-0.3, -0.25) is 0 Å². The number of aryl methyl sites for hydroxylation is 1. The zero-order chi connectivity index (χ0) is 14.8. The normalized spacial score (nSPS) is 13.8. The monoisotopic (exact) mass is 286 g/mol. The lowest BCUT2D eigenvalue weighted by Crippen LogP contribution is -2.41. The second-order valence-electron chi connectivity index (χ2n) is 5.12. The van der Waals surface area contributed by atoms with Gasteiger partial charge in [-0.15, -0.1) is 0 Å². The number of nitrogens with one attached hydrogen (secondary N) is 1. The maximum Gasteiger partial charge on any atom is 0.241 e. The minimum atomic E-state index is -3.68. The molecule has 0 spiro atoms. The van der Waals surface area contributed by atoms with Crippen molar-refractivity contribution in [1.29, 1.82) is 0 Å². The first kappa shape index (κ1) is 15.9. The fraction of sp³-hybridized carbons (Fsp3) is 0.538. The summed E-state index contributed by atoms with van der Waals surface area (Å²) in [7, 11) is -3.68. The molecule has 0 amide bonds. The minimum Gasteiger partial charge on any atom is -0.399 e. The highest BCUT2D eigenvalue weighted by atomic mass is 32.2. The highest BCUT2D eigenvalue weighted by Crippen LogP contribution is 2.22. The fourth-order valence-corrected chi connectivity index (χ4v) is 3.51. The molecule has 1 aromatic rings. The Balaban J connectivity index is 3.21. The van der Waals surface area contributed by atoms with Gasteiger partial charge in [-0.2, -0.15) is 0 Å². The zero-order valence-electron chi connectivity index (χ0n) is 11.8. The SMILES string of the molecule is Cc1cc(N)cc(S(=O)(=O)NC(CO)C(C)C)c1C. The number of aliphatic hydroxyl groups is 1. The first-order valence-electron chi connectivity index (χ1n) is 6.19. The topological polar surface area (TPSA) is 92.4 Å². The largest absolute Gasteiger partial charge is 0.399 e. The Morgan fingerprint density at radius 2 is 1.89 bits per heavy atom. The van der Waals surface area contributed by atoms with Gasteiger partial charge in [0.05, 0.1) is 11.5 Å². The zero-order valence-corrected chi connectivity index (χ0v) is 12.6. The Labute approximate surface area is 114 Å². The molecule has 0 aliphatic rings. The molecule has 0 aliphatic carbocycles. The van der Waals surface area contributed by atoms with E-state index in [1.165, 1.54) is 6.07 Å². The first-order valence-corrected chi connectivity index (χ1v) is 7.67. The Hall–Kier alpha value is -1.11. The molecule has 0 aromatic heterocycles. The summed E-state index contributed by atoms with van der Waals surface area (Å²) >= 11 is 0. The van der Waals surface area contributed by atoms with Crippen LogP contribution in [0.3, 0.4) is 0 Å². The quantitative estimate of drug-likeness (QED) is 0.709. The molecular formula is C13H22N2O3S. The van der Waals surface area contributed by atoms with Crippen LogP contribution in [0.25, 0.3) is 0 Å². The summed E-state index contributed by atoms with van der Waals surface area (Å²) in [5.41, 5.74) is 7.61. The molecule has 6 heteroatoms. The van der Waals surface area contributed by atoms with E-state index in [-0.39, 0.29) is 17.4 Å². The number of anilines is 1. The van der Waals surface area contributed by atoms with Crippen LogP contribution in [0.4, 0.5) is 5.69 Å². The van der Waals surface area contributed by atoms with Gasteiger partial charge in [0.15, 0.2) is 0 Å². The van der Waals surface area contributed by atoms with E-state index in [1.54, 1.807) is 13.0 Å². The van der Waals surface area contributed by atoms with E-state index in [2.05, 4.69) is 4.72 Å². The summed E-state index contributed by atoms with van der Waals surface area (Å²) in [4.78, 5) is 0.170. The van der Waals surface area contributed by atoms with Crippen molar-refractivity contribution < 1.29 is 13.5 Å². The van der Waals surface area contributed by atoms with Gasteiger partial charge in [-0.05, 0) is 43.0 Å². The molecule has 5 nitrogen and oxygen atoms in total. The average Bonchev–Trinajstić information content (AvgIpc) is 2.30. The van der Waals surface area contributed by atoms with E-state index in [0.29, 0.717) is 11.3 Å². The van der Waals surface area contributed by atoms with E-state index in [4.69, 9.17) is 5.73 Å². The number of benzene rings is 1. The van der Waals surface area contributed by atoms with Crippen molar-refractivity contribution >= 4 is 15.7 Å². The third-order valence-electron chi connectivity index (χ3n) is 3.24. The first-order chi connectivity index (χ1) is 8.69. The standard InChI is InChI=1S/C13H22N2O3S/c1-8(2)12(7-16)15-19(17,18)13-6-11(14)5-9(3)10(13)4/h5-6,8,12,15-16H,7,14H2,1-4H3. The molecule has 0 fully saturated rings. The molecule has 1 rings (SSSR count). The van der Waals surface area contributed by atoms with Crippen LogP contribution in [0.1, 0.15) is 25.0 Å². The van der Waals surface area contributed by atoms with Gasteiger partial charge in [-0.1, -0.05) is 13.8 Å². The molecule has 0 heterocycles. The van der Waals surface area contributed by atoms with Crippen LogP contribution in [0.2, 0.25) is 0 Å². The molecular weight excluding hydrogens is 264 g/mol. The van der Waals surface area contributed by atoms with Gasteiger partial charge in [0.1, 0.15) is 0 Å². The number of hydrogen-bond donors (Lipinski definition) is 3. The third kappa shape index (κ3) is 3.68. The number of nitrogens with two attached hydrogens (primary N) is 1.